The molecule has 0 atom stereocenters. The number of rotatable bonds is 5. The lowest BCUT2D eigenvalue weighted by Crippen LogP contribution is -2.00. The van der Waals surface area contributed by atoms with E-state index in [1.165, 1.54) is 4.88 Å². The van der Waals surface area contributed by atoms with E-state index in [-0.39, 0.29) is 0 Å². The quantitative estimate of drug-likeness (QED) is 0.784. The van der Waals surface area contributed by atoms with Gasteiger partial charge in [-0.25, -0.2) is 4.98 Å². The summed E-state index contributed by atoms with van der Waals surface area (Å²) >= 11 is 1.68. The van der Waals surface area contributed by atoms with Gasteiger partial charge in [-0.05, 0) is 37.1 Å². The highest BCUT2D eigenvalue weighted by atomic mass is 32.1. The normalized spacial score (nSPS) is 10.4. The Bertz CT molecular complexity index is 598. The Morgan fingerprint density at radius 2 is 2.21 bits per heavy atom. The monoisotopic (exact) mass is 272 g/mol. The zero-order chi connectivity index (χ0) is 13.7. The fourth-order valence-corrected chi connectivity index (χ4v) is 2.60. The molecule has 19 heavy (non-hydrogen) atoms. The Labute approximate surface area is 117 Å². The van der Waals surface area contributed by atoms with E-state index in [0.29, 0.717) is 18.8 Å². The highest BCUT2D eigenvalue weighted by Gasteiger charge is 2.03. The number of nitriles is 1. The lowest BCUT2D eigenvalue weighted by Gasteiger charge is -2.07. The second-order valence-electron chi connectivity index (χ2n) is 4.42. The van der Waals surface area contributed by atoms with Crippen LogP contribution in [0.3, 0.4) is 0 Å². The molecule has 2 rings (SSSR count). The molecule has 3 nitrogen and oxygen atoms in total. The molecule has 0 unspecified atom stereocenters. The molecule has 0 spiro atoms. The van der Waals surface area contributed by atoms with Crippen LogP contribution in [0.1, 0.15) is 27.3 Å². The van der Waals surface area contributed by atoms with Gasteiger partial charge in [0.1, 0.15) is 0 Å². The molecule has 1 heterocycles. The molecule has 98 valence electrons. The number of nitrogens with zero attached hydrogens (tertiary/aromatic N) is 2. The smallest absolute Gasteiger partial charge is 0.0991 e. The third kappa shape index (κ3) is 3.63. The molecule has 0 aliphatic rings. The molecule has 0 bridgehead atoms. The number of aromatic nitrogens is 1. The number of ether oxygens (including phenoxy) is 1. The van der Waals surface area contributed by atoms with Crippen molar-refractivity contribution in [2.75, 3.05) is 6.61 Å². The average Bonchev–Trinajstić information content (AvgIpc) is 2.81. The Hall–Kier alpha value is -1.70. The molecular formula is C15H16N2OS. The largest absolute Gasteiger partial charge is 0.376 e. The van der Waals surface area contributed by atoms with Crippen LogP contribution in [0.2, 0.25) is 0 Å². The van der Waals surface area contributed by atoms with Gasteiger partial charge in [0, 0.05) is 11.3 Å². The summed E-state index contributed by atoms with van der Waals surface area (Å²) in [5.41, 5.74) is 5.91. The minimum Gasteiger partial charge on any atom is -0.376 e. The van der Waals surface area contributed by atoms with E-state index in [4.69, 9.17) is 10.00 Å². The van der Waals surface area contributed by atoms with Gasteiger partial charge in [-0.3, -0.25) is 0 Å². The van der Waals surface area contributed by atoms with Crippen LogP contribution in [0, 0.1) is 25.2 Å². The van der Waals surface area contributed by atoms with Gasteiger partial charge in [0.25, 0.3) is 0 Å². The van der Waals surface area contributed by atoms with Crippen molar-refractivity contribution < 1.29 is 4.74 Å². The first-order valence-electron chi connectivity index (χ1n) is 6.17. The first-order chi connectivity index (χ1) is 9.20. The van der Waals surface area contributed by atoms with Crippen LogP contribution in [0.25, 0.3) is 0 Å². The minimum absolute atomic E-state index is 0.593. The van der Waals surface area contributed by atoms with Crippen molar-refractivity contribution in [1.82, 2.24) is 4.98 Å². The van der Waals surface area contributed by atoms with Gasteiger partial charge in [0.05, 0.1) is 36.1 Å². The molecular weight excluding hydrogens is 256 g/mol. The lowest BCUT2D eigenvalue weighted by atomic mass is 10.1. The molecule has 4 heteroatoms. The summed E-state index contributed by atoms with van der Waals surface area (Å²) in [6.45, 7) is 5.32. The fraction of sp³-hybridized carbons (Fsp3) is 0.333. The Balaban J connectivity index is 1.83. The van der Waals surface area contributed by atoms with Gasteiger partial charge in [-0.15, -0.1) is 11.3 Å². The topological polar surface area (TPSA) is 45.9 Å². The zero-order valence-corrected chi connectivity index (χ0v) is 12.0. The zero-order valence-electron chi connectivity index (χ0n) is 11.1. The molecule has 0 amide bonds. The molecule has 0 N–H and O–H groups in total. The van der Waals surface area contributed by atoms with Gasteiger partial charge >= 0.3 is 0 Å². The molecule has 1 aromatic heterocycles. The van der Waals surface area contributed by atoms with Gasteiger partial charge < -0.3 is 4.74 Å². The standard InChI is InChI=1S/C15H16N2OS/c1-11-7-13(8-16)3-4-14(11)9-18-6-5-15-12(2)17-10-19-15/h3-4,7,10H,5-6,9H2,1-2H3. The van der Waals surface area contributed by atoms with E-state index in [2.05, 4.69) is 11.1 Å². The van der Waals surface area contributed by atoms with E-state index in [9.17, 15) is 0 Å². The number of hydrogen-bond acceptors (Lipinski definition) is 4. The van der Waals surface area contributed by atoms with E-state index in [1.54, 1.807) is 11.3 Å². The van der Waals surface area contributed by atoms with E-state index >= 15 is 0 Å². The maximum absolute atomic E-state index is 8.81. The third-order valence-electron chi connectivity index (χ3n) is 3.05. The Kier molecular flexibility index (Phi) is 4.67. The summed E-state index contributed by atoms with van der Waals surface area (Å²) in [7, 11) is 0. The summed E-state index contributed by atoms with van der Waals surface area (Å²) in [4.78, 5) is 5.51. The first-order valence-corrected chi connectivity index (χ1v) is 7.05. The predicted octanol–water partition coefficient (Wildman–Crippen LogP) is 3.39. The number of aryl methyl sites for hydroxylation is 2. The first kappa shape index (κ1) is 13.7. The fourth-order valence-electron chi connectivity index (χ4n) is 1.84. The van der Waals surface area contributed by atoms with E-state index in [0.717, 1.165) is 23.2 Å². The summed E-state index contributed by atoms with van der Waals surface area (Å²) in [6.07, 6.45) is 0.909. The molecule has 2 aromatic rings. The van der Waals surface area contributed by atoms with Crippen LogP contribution in [-0.2, 0) is 17.8 Å². The van der Waals surface area contributed by atoms with Crippen LogP contribution in [0.15, 0.2) is 23.7 Å². The van der Waals surface area contributed by atoms with Crippen molar-refractivity contribution in [1.29, 1.82) is 5.26 Å². The summed E-state index contributed by atoms with van der Waals surface area (Å²) in [5, 5.41) is 8.81. The van der Waals surface area contributed by atoms with Crippen molar-refractivity contribution in [2.45, 2.75) is 26.9 Å². The molecule has 0 radical (unpaired) electrons. The maximum atomic E-state index is 8.81. The van der Waals surface area contributed by atoms with Crippen LogP contribution in [0.5, 0.6) is 0 Å². The van der Waals surface area contributed by atoms with Gasteiger partial charge in [0.15, 0.2) is 0 Å². The molecule has 0 saturated carbocycles. The van der Waals surface area contributed by atoms with Crippen molar-refractivity contribution >= 4 is 11.3 Å². The van der Waals surface area contributed by atoms with Crippen LogP contribution < -0.4 is 0 Å². The summed E-state index contributed by atoms with van der Waals surface area (Å²) in [5.74, 6) is 0. The van der Waals surface area contributed by atoms with E-state index < -0.39 is 0 Å². The van der Waals surface area contributed by atoms with Crippen molar-refractivity contribution in [2.24, 2.45) is 0 Å². The predicted molar refractivity (Wildman–Crippen MR) is 76.1 cm³/mol. The van der Waals surface area contributed by atoms with Crippen LogP contribution in [0.4, 0.5) is 0 Å². The van der Waals surface area contributed by atoms with Gasteiger partial charge in [0.2, 0.25) is 0 Å². The molecule has 0 fully saturated rings. The highest BCUT2D eigenvalue weighted by molar-refractivity contribution is 7.09. The second kappa shape index (κ2) is 6.46. The Morgan fingerprint density at radius 3 is 2.84 bits per heavy atom. The molecule has 0 aliphatic heterocycles. The second-order valence-corrected chi connectivity index (χ2v) is 5.36. The van der Waals surface area contributed by atoms with Crippen molar-refractivity contribution in [3.63, 3.8) is 0 Å². The number of thiazole rings is 1. The van der Waals surface area contributed by atoms with Crippen LogP contribution in [-0.4, -0.2) is 11.6 Å². The van der Waals surface area contributed by atoms with Gasteiger partial charge in [-0.2, -0.15) is 5.26 Å². The minimum atomic E-state index is 0.593. The maximum Gasteiger partial charge on any atom is 0.0991 e. The van der Waals surface area contributed by atoms with Crippen molar-refractivity contribution in [3.05, 3.63) is 51.0 Å². The SMILES string of the molecule is Cc1cc(C#N)ccc1COCCc1scnc1C. The van der Waals surface area contributed by atoms with Crippen LogP contribution >= 0.6 is 11.3 Å². The lowest BCUT2D eigenvalue weighted by molar-refractivity contribution is 0.124. The number of benzene rings is 1. The molecule has 0 saturated heterocycles. The number of hydrogen-bond donors (Lipinski definition) is 0. The Morgan fingerprint density at radius 1 is 1.37 bits per heavy atom. The molecule has 0 aliphatic carbocycles. The summed E-state index contributed by atoms with van der Waals surface area (Å²) < 4.78 is 5.70. The van der Waals surface area contributed by atoms with Gasteiger partial charge in [-0.1, -0.05) is 6.07 Å². The highest BCUT2D eigenvalue weighted by Crippen LogP contribution is 2.14. The van der Waals surface area contributed by atoms with Crippen molar-refractivity contribution in [3.8, 4) is 6.07 Å². The van der Waals surface area contributed by atoms with E-state index in [1.807, 2.05) is 37.6 Å². The average molecular weight is 272 g/mol. The molecule has 1 aromatic carbocycles. The summed E-state index contributed by atoms with van der Waals surface area (Å²) in [6, 6.07) is 7.83. The third-order valence-corrected chi connectivity index (χ3v) is 4.04.